The molecule has 1 saturated heterocycles. The van der Waals surface area contributed by atoms with Gasteiger partial charge in [-0.2, -0.15) is 0 Å². The van der Waals surface area contributed by atoms with Crippen LogP contribution in [0.2, 0.25) is 0 Å². The van der Waals surface area contributed by atoms with Crippen LogP contribution < -0.4 is 10.4 Å². The van der Waals surface area contributed by atoms with Crippen LogP contribution in [0.5, 0.6) is 0 Å². The van der Waals surface area contributed by atoms with E-state index in [1.165, 1.54) is 0 Å². The Morgan fingerprint density at radius 3 is 2.87 bits per heavy atom. The van der Waals surface area contributed by atoms with E-state index >= 15 is 0 Å². The Kier molecular flexibility index (Phi) is 2.87. The minimum atomic E-state index is 0.0498. The van der Waals surface area contributed by atoms with E-state index in [2.05, 4.69) is 5.43 Å². The number of benzene rings is 1. The number of aliphatic hydroxyl groups excluding tert-OH is 1. The fourth-order valence-corrected chi connectivity index (χ4v) is 1.76. The van der Waals surface area contributed by atoms with E-state index in [-0.39, 0.29) is 12.5 Å². The quantitative estimate of drug-likeness (QED) is 0.755. The molecular formula is C11H14N2O2. The first kappa shape index (κ1) is 9.98. The Labute approximate surface area is 88.5 Å². The summed E-state index contributed by atoms with van der Waals surface area (Å²) in [5.41, 5.74) is 4.82. The summed E-state index contributed by atoms with van der Waals surface area (Å²) in [6, 6.07) is 7.79. The molecule has 15 heavy (non-hydrogen) atoms. The first-order valence-electron chi connectivity index (χ1n) is 5.07. The Hall–Kier alpha value is -1.55. The number of nitrogens with one attached hydrogen (secondary N) is 1. The van der Waals surface area contributed by atoms with Crippen molar-refractivity contribution < 1.29 is 9.90 Å². The van der Waals surface area contributed by atoms with Crippen LogP contribution in [0.1, 0.15) is 12.0 Å². The summed E-state index contributed by atoms with van der Waals surface area (Å²) in [6.45, 7) is 0.820. The first-order valence-corrected chi connectivity index (χ1v) is 5.07. The molecule has 2 rings (SSSR count). The van der Waals surface area contributed by atoms with Crippen LogP contribution in [0.3, 0.4) is 0 Å². The van der Waals surface area contributed by atoms with Gasteiger partial charge in [0, 0.05) is 19.6 Å². The van der Waals surface area contributed by atoms with E-state index in [9.17, 15) is 4.79 Å². The number of carbonyl (C=O) groups is 1. The van der Waals surface area contributed by atoms with Crippen molar-refractivity contribution in [2.45, 2.75) is 12.8 Å². The molecule has 1 aromatic carbocycles. The number of anilines is 1. The highest BCUT2D eigenvalue weighted by molar-refractivity contribution is 5.81. The topological polar surface area (TPSA) is 52.6 Å². The lowest BCUT2D eigenvalue weighted by Crippen LogP contribution is -2.33. The van der Waals surface area contributed by atoms with Crippen molar-refractivity contribution in [3.8, 4) is 0 Å². The number of hydrogen-bond acceptors (Lipinski definition) is 3. The molecule has 0 aliphatic carbocycles. The summed E-state index contributed by atoms with van der Waals surface area (Å²) in [7, 11) is 0. The molecule has 1 aliphatic heterocycles. The molecule has 0 radical (unpaired) electrons. The van der Waals surface area contributed by atoms with Crippen molar-refractivity contribution in [1.82, 2.24) is 5.43 Å². The molecule has 1 aliphatic rings. The number of amides is 1. The lowest BCUT2D eigenvalue weighted by molar-refractivity contribution is -0.119. The minimum Gasteiger partial charge on any atom is -0.396 e. The third-order valence-corrected chi connectivity index (χ3v) is 2.49. The third kappa shape index (κ3) is 2.10. The van der Waals surface area contributed by atoms with Crippen LogP contribution in [0.4, 0.5) is 5.69 Å². The van der Waals surface area contributed by atoms with Gasteiger partial charge in [0.15, 0.2) is 0 Å². The second-order valence-electron chi connectivity index (χ2n) is 3.54. The van der Waals surface area contributed by atoms with Crippen molar-refractivity contribution in [3.05, 3.63) is 29.8 Å². The number of rotatable bonds is 3. The van der Waals surface area contributed by atoms with Crippen molar-refractivity contribution >= 4 is 11.6 Å². The maximum absolute atomic E-state index is 11.1. The first-order chi connectivity index (χ1) is 7.31. The average molecular weight is 206 g/mol. The molecule has 1 aromatic rings. The van der Waals surface area contributed by atoms with Gasteiger partial charge in [-0.3, -0.25) is 15.2 Å². The highest BCUT2D eigenvalue weighted by Crippen LogP contribution is 2.21. The Balaban J connectivity index is 2.22. The van der Waals surface area contributed by atoms with Crippen molar-refractivity contribution in [2.24, 2.45) is 0 Å². The van der Waals surface area contributed by atoms with E-state index in [1.54, 1.807) is 0 Å². The van der Waals surface area contributed by atoms with Crippen LogP contribution in [0, 0.1) is 0 Å². The number of para-hydroxylation sites is 1. The van der Waals surface area contributed by atoms with E-state index in [1.807, 2.05) is 29.3 Å². The fourth-order valence-electron chi connectivity index (χ4n) is 1.76. The Morgan fingerprint density at radius 2 is 2.20 bits per heavy atom. The predicted molar refractivity (Wildman–Crippen MR) is 57.3 cm³/mol. The maximum atomic E-state index is 11.1. The van der Waals surface area contributed by atoms with Gasteiger partial charge in [0.05, 0.1) is 5.69 Å². The van der Waals surface area contributed by atoms with Gasteiger partial charge >= 0.3 is 0 Å². The SMILES string of the molecule is O=C1CCN(c2ccccc2CCO)N1. The van der Waals surface area contributed by atoms with E-state index in [4.69, 9.17) is 5.11 Å². The van der Waals surface area contributed by atoms with Gasteiger partial charge in [-0.05, 0) is 18.1 Å². The van der Waals surface area contributed by atoms with E-state index in [0.29, 0.717) is 19.4 Å². The molecule has 1 heterocycles. The van der Waals surface area contributed by atoms with Gasteiger partial charge in [-0.15, -0.1) is 0 Å². The maximum Gasteiger partial charge on any atom is 0.240 e. The van der Waals surface area contributed by atoms with Crippen LogP contribution >= 0.6 is 0 Å². The highest BCUT2D eigenvalue weighted by atomic mass is 16.3. The second kappa shape index (κ2) is 4.31. The summed E-state index contributed by atoms with van der Waals surface area (Å²) in [6.07, 6.45) is 1.15. The normalized spacial score (nSPS) is 15.5. The molecule has 0 saturated carbocycles. The Morgan fingerprint density at radius 1 is 1.40 bits per heavy atom. The molecule has 4 nitrogen and oxygen atoms in total. The minimum absolute atomic E-state index is 0.0498. The third-order valence-electron chi connectivity index (χ3n) is 2.49. The molecule has 0 spiro atoms. The summed E-state index contributed by atoms with van der Waals surface area (Å²) in [5, 5.41) is 10.8. The molecule has 0 atom stereocenters. The van der Waals surface area contributed by atoms with Crippen molar-refractivity contribution in [3.63, 3.8) is 0 Å². The van der Waals surface area contributed by atoms with Crippen LogP contribution in [-0.2, 0) is 11.2 Å². The lowest BCUT2D eigenvalue weighted by atomic mass is 10.1. The van der Waals surface area contributed by atoms with Crippen LogP contribution in [0.25, 0.3) is 0 Å². The Bertz CT molecular complexity index is 365. The molecule has 0 aromatic heterocycles. The molecule has 0 bridgehead atoms. The summed E-state index contributed by atoms with van der Waals surface area (Å²) < 4.78 is 0. The summed E-state index contributed by atoms with van der Waals surface area (Å²) in [4.78, 5) is 11.1. The summed E-state index contributed by atoms with van der Waals surface area (Å²) in [5.74, 6) is 0.0498. The van der Waals surface area contributed by atoms with Crippen molar-refractivity contribution in [1.29, 1.82) is 0 Å². The van der Waals surface area contributed by atoms with Crippen molar-refractivity contribution in [2.75, 3.05) is 18.2 Å². The average Bonchev–Trinajstić information content (AvgIpc) is 2.66. The zero-order valence-electron chi connectivity index (χ0n) is 8.44. The van der Waals surface area contributed by atoms with Gasteiger partial charge < -0.3 is 5.11 Å². The second-order valence-corrected chi connectivity index (χ2v) is 3.54. The van der Waals surface area contributed by atoms with E-state index < -0.39 is 0 Å². The van der Waals surface area contributed by atoms with Crippen LogP contribution in [0.15, 0.2) is 24.3 Å². The van der Waals surface area contributed by atoms with Gasteiger partial charge in [-0.1, -0.05) is 18.2 Å². The highest BCUT2D eigenvalue weighted by Gasteiger charge is 2.20. The molecule has 0 unspecified atom stereocenters. The fraction of sp³-hybridized carbons (Fsp3) is 0.364. The van der Waals surface area contributed by atoms with Crippen LogP contribution in [-0.4, -0.2) is 24.2 Å². The number of carbonyl (C=O) groups excluding carboxylic acids is 1. The zero-order valence-corrected chi connectivity index (χ0v) is 8.44. The monoisotopic (exact) mass is 206 g/mol. The molecule has 2 N–H and O–H groups in total. The smallest absolute Gasteiger partial charge is 0.240 e. The van der Waals surface area contributed by atoms with E-state index in [0.717, 1.165) is 11.3 Å². The molecule has 80 valence electrons. The predicted octanol–water partition coefficient (Wildman–Crippen LogP) is 0.463. The number of hydrogen-bond donors (Lipinski definition) is 2. The van der Waals surface area contributed by atoms with Gasteiger partial charge in [0.2, 0.25) is 5.91 Å². The number of hydrazine groups is 1. The molecule has 1 amide bonds. The standard InChI is InChI=1S/C11H14N2O2/c14-8-6-9-3-1-2-4-10(9)13-7-5-11(15)12-13/h1-4,14H,5-8H2,(H,12,15). The lowest BCUT2D eigenvalue weighted by Gasteiger charge is -2.20. The molecule has 4 heteroatoms. The number of nitrogens with zero attached hydrogens (tertiary/aromatic N) is 1. The number of aliphatic hydroxyl groups is 1. The zero-order chi connectivity index (χ0) is 10.7. The largest absolute Gasteiger partial charge is 0.396 e. The van der Waals surface area contributed by atoms with Gasteiger partial charge in [-0.25, -0.2) is 0 Å². The molecular weight excluding hydrogens is 192 g/mol. The van der Waals surface area contributed by atoms with Gasteiger partial charge in [0.1, 0.15) is 0 Å². The van der Waals surface area contributed by atoms with Gasteiger partial charge in [0.25, 0.3) is 0 Å². The summed E-state index contributed by atoms with van der Waals surface area (Å²) >= 11 is 0. The molecule has 1 fully saturated rings.